The molecule has 0 aliphatic heterocycles. The molecular weight excluding hydrogens is 374 g/mol. The number of hydrogen-bond acceptors (Lipinski definition) is 3. The van der Waals surface area contributed by atoms with Crippen LogP contribution in [0.25, 0.3) is 0 Å². The van der Waals surface area contributed by atoms with E-state index < -0.39 is 27.6 Å². The van der Waals surface area contributed by atoms with Crippen LogP contribution in [0.2, 0.25) is 0 Å². The molecule has 0 fully saturated rings. The van der Waals surface area contributed by atoms with Gasteiger partial charge in [-0.05, 0) is 62.1 Å². The third-order valence-electron chi connectivity index (χ3n) is 4.44. The van der Waals surface area contributed by atoms with Crippen LogP contribution in [-0.2, 0) is 10.0 Å². The van der Waals surface area contributed by atoms with Crippen molar-refractivity contribution >= 4 is 15.9 Å². The summed E-state index contributed by atoms with van der Waals surface area (Å²) in [5.74, 6) is -2.50. The normalized spacial score (nSPS) is 11.5. The molecule has 0 heterocycles. The number of rotatable bonds is 6. The van der Waals surface area contributed by atoms with Crippen molar-refractivity contribution in [1.29, 1.82) is 0 Å². The van der Waals surface area contributed by atoms with Gasteiger partial charge in [0, 0.05) is 19.2 Å². The largest absolute Gasteiger partial charge is 0.351 e. The molecule has 8 heteroatoms. The molecular formula is C19H22F2N2O3S. The lowest BCUT2D eigenvalue weighted by atomic mass is 10.0. The highest BCUT2D eigenvalue weighted by Gasteiger charge is 2.21. The van der Waals surface area contributed by atoms with E-state index in [4.69, 9.17) is 0 Å². The average molecular weight is 396 g/mol. The molecule has 2 aromatic rings. The Bertz CT molecular complexity index is 963. The Morgan fingerprint density at radius 2 is 1.56 bits per heavy atom. The van der Waals surface area contributed by atoms with Gasteiger partial charge in [-0.15, -0.1) is 0 Å². The minimum absolute atomic E-state index is 0.0439. The molecule has 1 amide bonds. The summed E-state index contributed by atoms with van der Waals surface area (Å²) in [6.45, 7) is 7.07. The van der Waals surface area contributed by atoms with Crippen molar-refractivity contribution in [2.24, 2.45) is 0 Å². The summed E-state index contributed by atoms with van der Waals surface area (Å²) >= 11 is 0. The van der Waals surface area contributed by atoms with Crippen LogP contribution in [0.5, 0.6) is 0 Å². The predicted octanol–water partition coefficient (Wildman–Crippen LogP) is 2.91. The number of amides is 1. The summed E-state index contributed by atoms with van der Waals surface area (Å²) in [5, 5.41) is 2.41. The van der Waals surface area contributed by atoms with Gasteiger partial charge in [-0.2, -0.15) is 0 Å². The first-order valence-corrected chi connectivity index (χ1v) is 9.83. The first-order chi connectivity index (χ1) is 12.5. The van der Waals surface area contributed by atoms with Gasteiger partial charge in [0.05, 0.1) is 10.5 Å². The fourth-order valence-corrected chi connectivity index (χ4v) is 4.43. The number of hydrogen-bond donors (Lipinski definition) is 2. The molecule has 0 aromatic heterocycles. The molecule has 2 rings (SSSR count). The SMILES string of the molecule is Cc1cc(C)c(C)c(S(=O)(=O)NCCNC(=O)c2ccc(F)cc2F)c1C. The fourth-order valence-electron chi connectivity index (χ4n) is 2.79. The number of benzene rings is 2. The van der Waals surface area contributed by atoms with E-state index in [-0.39, 0.29) is 23.5 Å². The number of aryl methyl sites for hydroxylation is 2. The van der Waals surface area contributed by atoms with Crippen LogP contribution in [0.4, 0.5) is 8.78 Å². The van der Waals surface area contributed by atoms with Crippen LogP contribution in [0, 0.1) is 39.3 Å². The van der Waals surface area contributed by atoms with E-state index in [9.17, 15) is 22.0 Å². The molecule has 0 bridgehead atoms. The van der Waals surface area contributed by atoms with Crippen LogP contribution in [0.3, 0.4) is 0 Å². The molecule has 0 atom stereocenters. The predicted molar refractivity (Wildman–Crippen MR) is 99.3 cm³/mol. The van der Waals surface area contributed by atoms with Crippen molar-refractivity contribution in [3.8, 4) is 0 Å². The van der Waals surface area contributed by atoms with Crippen LogP contribution >= 0.6 is 0 Å². The highest BCUT2D eigenvalue weighted by molar-refractivity contribution is 7.89. The maximum Gasteiger partial charge on any atom is 0.254 e. The van der Waals surface area contributed by atoms with Crippen molar-refractivity contribution in [2.75, 3.05) is 13.1 Å². The highest BCUT2D eigenvalue weighted by Crippen LogP contribution is 2.25. The molecule has 0 unspecified atom stereocenters. The van der Waals surface area contributed by atoms with Crippen molar-refractivity contribution < 1.29 is 22.0 Å². The first-order valence-electron chi connectivity index (χ1n) is 8.35. The van der Waals surface area contributed by atoms with Crippen LogP contribution in [-0.4, -0.2) is 27.4 Å². The second-order valence-corrected chi connectivity index (χ2v) is 8.07. The van der Waals surface area contributed by atoms with E-state index in [1.165, 1.54) is 0 Å². The van der Waals surface area contributed by atoms with Gasteiger partial charge in [0.2, 0.25) is 10.0 Å². The number of carbonyl (C=O) groups is 1. The molecule has 0 saturated carbocycles. The molecule has 0 spiro atoms. The molecule has 0 saturated heterocycles. The quantitative estimate of drug-likeness (QED) is 0.738. The lowest BCUT2D eigenvalue weighted by Crippen LogP contribution is -2.35. The Labute approximate surface area is 157 Å². The number of carbonyl (C=O) groups excluding carboxylic acids is 1. The zero-order valence-electron chi connectivity index (χ0n) is 15.6. The van der Waals surface area contributed by atoms with E-state index >= 15 is 0 Å². The van der Waals surface area contributed by atoms with Gasteiger partial charge in [0.15, 0.2) is 0 Å². The molecule has 0 aliphatic rings. The van der Waals surface area contributed by atoms with Crippen molar-refractivity contribution in [3.05, 3.63) is 63.7 Å². The molecule has 0 radical (unpaired) electrons. The third-order valence-corrected chi connectivity index (χ3v) is 6.18. The van der Waals surface area contributed by atoms with Crippen LogP contribution in [0.15, 0.2) is 29.2 Å². The van der Waals surface area contributed by atoms with Gasteiger partial charge in [-0.25, -0.2) is 21.9 Å². The summed E-state index contributed by atoms with van der Waals surface area (Å²) < 4.78 is 54.2. The Kier molecular flexibility index (Phi) is 6.33. The maximum atomic E-state index is 13.6. The summed E-state index contributed by atoms with van der Waals surface area (Å²) in [7, 11) is -3.77. The zero-order valence-corrected chi connectivity index (χ0v) is 16.4. The number of halogens is 2. The summed E-state index contributed by atoms with van der Waals surface area (Å²) in [6, 6.07) is 4.56. The minimum atomic E-state index is -3.77. The standard InChI is InChI=1S/C19H22F2N2O3S/c1-11-9-12(2)14(4)18(13(11)3)27(25,26)23-8-7-22-19(24)16-6-5-15(20)10-17(16)21/h5-6,9-10,23H,7-8H2,1-4H3,(H,22,24). The first kappa shape index (κ1) is 21.0. The monoisotopic (exact) mass is 396 g/mol. The van der Waals surface area contributed by atoms with Crippen molar-refractivity contribution in [3.63, 3.8) is 0 Å². The molecule has 146 valence electrons. The Morgan fingerprint density at radius 3 is 2.11 bits per heavy atom. The Hall–Kier alpha value is -2.32. The zero-order chi connectivity index (χ0) is 20.4. The third kappa shape index (κ3) is 4.70. The lowest BCUT2D eigenvalue weighted by molar-refractivity contribution is 0.0950. The second-order valence-electron chi connectivity index (χ2n) is 6.37. The van der Waals surface area contributed by atoms with E-state index in [2.05, 4.69) is 10.0 Å². The van der Waals surface area contributed by atoms with Crippen LogP contribution in [0.1, 0.15) is 32.6 Å². The van der Waals surface area contributed by atoms with E-state index in [1.54, 1.807) is 13.8 Å². The van der Waals surface area contributed by atoms with Crippen molar-refractivity contribution in [1.82, 2.24) is 10.0 Å². The van der Waals surface area contributed by atoms with E-state index in [0.29, 0.717) is 17.2 Å². The van der Waals surface area contributed by atoms with Gasteiger partial charge in [-0.3, -0.25) is 4.79 Å². The second kappa shape index (κ2) is 8.14. The molecule has 5 nitrogen and oxygen atoms in total. The Morgan fingerprint density at radius 1 is 0.963 bits per heavy atom. The highest BCUT2D eigenvalue weighted by atomic mass is 32.2. The van der Waals surface area contributed by atoms with E-state index in [0.717, 1.165) is 23.3 Å². The molecule has 2 aromatic carbocycles. The molecule has 2 N–H and O–H groups in total. The van der Waals surface area contributed by atoms with Gasteiger partial charge >= 0.3 is 0 Å². The minimum Gasteiger partial charge on any atom is -0.351 e. The summed E-state index contributed by atoms with van der Waals surface area (Å²) in [6.07, 6.45) is 0. The van der Waals surface area contributed by atoms with Gasteiger partial charge in [-0.1, -0.05) is 6.07 Å². The smallest absolute Gasteiger partial charge is 0.254 e. The molecule has 0 aliphatic carbocycles. The molecule has 27 heavy (non-hydrogen) atoms. The van der Waals surface area contributed by atoms with Gasteiger partial charge in [0.1, 0.15) is 11.6 Å². The van der Waals surface area contributed by atoms with Crippen molar-refractivity contribution in [2.45, 2.75) is 32.6 Å². The number of nitrogens with one attached hydrogen (secondary N) is 2. The summed E-state index contributed by atoms with van der Waals surface area (Å²) in [4.78, 5) is 12.2. The fraction of sp³-hybridized carbons (Fsp3) is 0.316. The average Bonchev–Trinajstić information content (AvgIpc) is 2.57. The summed E-state index contributed by atoms with van der Waals surface area (Å²) in [5.41, 5.74) is 2.78. The lowest BCUT2D eigenvalue weighted by Gasteiger charge is -2.16. The number of sulfonamides is 1. The maximum absolute atomic E-state index is 13.6. The van der Waals surface area contributed by atoms with Crippen LogP contribution < -0.4 is 10.0 Å². The van der Waals surface area contributed by atoms with Gasteiger partial charge in [0.25, 0.3) is 5.91 Å². The van der Waals surface area contributed by atoms with E-state index in [1.807, 2.05) is 19.9 Å². The van der Waals surface area contributed by atoms with Gasteiger partial charge < -0.3 is 5.32 Å². The Balaban J connectivity index is 2.04. The topological polar surface area (TPSA) is 75.3 Å².